The molecule has 102 valence electrons. The van der Waals surface area contributed by atoms with E-state index in [0.717, 1.165) is 28.0 Å². The third-order valence-electron chi connectivity index (χ3n) is 2.75. The Labute approximate surface area is 127 Å². The van der Waals surface area contributed by atoms with Crippen molar-refractivity contribution in [1.82, 2.24) is 0 Å². The second-order valence-electron chi connectivity index (χ2n) is 4.26. The smallest absolute Gasteiger partial charge is 0.119 e. The summed E-state index contributed by atoms with van der Waals surface area (Å²) in [5, 5.41) is 11.9. The topological polar surface area (TPSA) is 45.0 Å². The molecule has 0 unspecified atom stereocenters. The van der Waals surface area contributed by atoms with E-state index < -0.39 is 0 Å². The number of nitrogens with one attached hydrogen (secondary N) is 1. The maximum Gasteiger partial charge on any atom is 0.119 e. The highest BCUT2D eigenvalue weighted by Gasteiger charge is 1.96. The van der Waals surface area contributed by atoms with Crippen molar-refractivity contribution in [1.29, 1.82) is 5.26 Å². The van der Waals surface area contributed by atoms with Crippen LogP contribution in [-0.2, 0) is 6.42 Å². The average molecular weight is 331 g/mol. The zero-order valence-electron chi connectivity index (χ0n) is 11.0. The van der Waals surface area contributed by atoms with Crippen LogP contribution in [0.15, 0.2) is 53.0 Å². The van der Waals surface area contributed by atoms with E-state index in [0.29, 0.717) is 13.0 Å². The molecule has 0 saturated carbocycles. The molecule has 0 fully saturated rings. The van der Waals surface area contributed by atoms with E-state index in [9.17, 15) is 0 Å². The van der Waals surface area contributed by atoms with E-state index >= 15 is 0 Å². The van der Waals surface area contributed by atoms with Gasteiger partial charge in [0.25, 0.3) is 0 Å². The van der Waals surface area contributed by atoms with Crippen LogP contribution in [0.1, 0.15) is 5.56 Å². The SMILES string of the molecule is N#CCc1ccc(NCCOc2ccc(Br)cc2)cc1. The Bertz CT molecular complexity index is 573. The second kappa shape index (κ2) is 7.56. The fourth-order valence-corrected chi connectivity index (χ4v) is 1.99. The normalized spacial score (nSPS) is 9.80. The van der Waals surface area contributed by atoms with Gasteiger partial charge in [0.15, 0.2) is 0 Å². The third-order valence-corrected chi connectivity index (χ3v) is 3.28. The first-order valence-corrected chi connectivity index (χ1v) is 7.15. The van der Waals surface area contributed by atoms with Crippen molar-refractivity contribution < 1.29 is 4.74 Å². The summed E-state index contributed by atoms with van der Waals surface area (Å²) in [5.74, 6) is 0.861. The molecule has 0 radical (unpaired) electrons. The molecule has 0 aliphatic heterocycles. The second-order valence-corrected chi connectivity index (χ2v) is 5.18. The van der Waals surface area contributed by atoms with Gasteiger partial charge in [0.2, 0.25) is 0 Å². The Morgan fingerprint density at radius 1 is 1.05 bits per heavy atom. The third kappa shape index (κ3) is 4.60. The van der Waals surface area contributed by atoms with Crippen LogP contribution in [0.4, 0.5) is 5.69 Å². The molecule has 0 heterocycles. The van der Waals surface area contributed by atoms with E-state index in [1.165, 1.54) is 0 Å². The predicted octanol–water partition coefficient (Wildman–Crippen LogP) is 4.01. The minimum atomic E-state index is 0.451. The van der Waals surface area contributed by atoms with Crippen LogP contribution in [0, 0.1) is 11.3 Å². The van der Waals surface area contributed by atoms with Crippen molar-refractivity contribution in [2.24, 2.45) is 0 Å². The van der Waals surface area contributed by atoms with Gasteiger partial charge >= 0.3 is 0 Å². The van der Waals surface area contributed by atoms with Crippen molar-refractivity contribution in [3.8, 4) is 11.8 Å². The first-order valence-electron chi connectivity index (χ1n) is 6.36. The monoisotopic (exact) mass is 330 g/mol. The van der Waals surface area contributed by atoms with E-state index in [-0.39, 0.29) is 0 Å². The summed E-state index contributed by atoms with van der Waals surface area (Å²) in [5.41, 5.74) is 2.07. The first kappa shape index (κ1) is 14.4. The lowest BCUT2D eigenvalue weighted by Crippen LogP contribution is -2.11. The van der Waals surface area contributed by atoms with Gasteiger partial charge in [-0.3, -0.25) is 0 Å². The van der Waals surface area contributed by atoms with E-state index in [1.807, 2.05) is 48.5 Å². The molecule has 0 aliphatic carbocycles. The van der Waals surface area contributed by atoms with Gasteiger partial charge in [-0.2, -0.15) is 5.26 Å². The number of hydrogen-bond donors (Lipinski definition) is 1. The van der Waals surface area contributed by atoms with Crippen LogP contribution in [0.5, 0.6) is 5.75 Å². The average Bonchev–Trinajstić information content (AvgIpc) is 2.47. The minimum Gasteiger partial charge on any atom is -0.492 e. The van der Waals surface area contributed by atoms with Crippen molar-refractivity contribution in [3.63, 3.8) is 0 Å². The molecular weight excluding hydrogens is 316 g/mol. The molecule has 0 saturated heterocycles. The number of ether oxygens (including phenoxy) is 1. The number of hydrogen-bond acceptors (Lipinski definition) is 3. The Hall–Kier alpha value is -1.99. The molecule has 2 aromatic rings. The minimum absolute atomic E-state index is 0.451. The van der Waals surface area contributed by atoms with Crippen molar-refractivity contribution >= 4 is 21.6 Å². The molecule has 1 N–H and O–H groups in total. The van der Waals surface area contributed by atoms with Gasteiger partial charge in [-0.15, -0.1) is 0 Å². The fourth-order valence-electron chi connectivity index (χ4n) is 1.73. The lowest BCUT2D eigenvalue weighted by Gasteiger charge is -2.09. The summed E-state index contributed by atoms with van der Waals surface area (Å²) in [6, 6.07) is 17.8. The Morgan fingerprint density at radius 3 is 2.40 bits per heavy atom. The quantitative estimate of drug-likeness (QED) is 0.814. The highest BCUT2D eigenvalue weighted by atomic mass is 79.9. The Morgan fingerprint density at radius 2 is 1.75 bits per heavy atom. The summed E-state index contributed by atoms with van der Waals surface area (Å²) in [6.45, 7) is 1.33. The largest absolute Gasteiger partial charge is 0.492 e. The number of nitrogens with zero attached hydrogens (tertiary/aromatic N) is 1. The van der Waals surface area contributed by atoms with Crippen molar-refractivity contribution in [3.05, 3.63) is 58.6 Å². The molecular formula is C16H15BrN2O. The van der Waals surface area contributed by atoms with Gasteiger partial charge in [-0.05, 0) is 42.0 Å². The molecule has 0 atom stereocenters. The van der Waals surface area contributed by atoms with Crippen LogP contribution in [0.3, 0.4) is 0 Å². The molecule has 20 heavy (non-hydrogen) atoms. The van der Waals surface area contributed by atoms with Crippen molar-refractivity contribution in [2.75, 3.05) is 18.5 Å². The molecule has 0 aliphatic rings. The summed E-state index contributed by atoms with van der Waals surface area (Å²) >= 11 is 3.39. The number of anilines is 1. The molecule has 3 nitrogen and oxygen atoms in total. The van der Waals surface area contributed by atoms with Gasteiger partial charge in [-0.1, -0.05) is 28.1 Å². The predicted molar refractivity (Wildman–Crippen MR) is 83.9 cm³/mol. The van der Waals surface area contributed by atoms with Crippen LogP contribution in [0.2, 0.25) is 0 Å². The van der Waals surface area contributed by atoms with Crippen LogP contribution < -0.4 is 10.1 Å². The standard InChI is InChI=1S/C16H15BrN2O/c17-14-3-7-16(8-4-14)20-12-11-19-15-5-1-13(2-6-15)9-10-18/h1-8,19H,9,11-12H2. The van der Waals surface area contributed by atoms with Crippen LogP contribution in [0.25, 0.3) is 0 Å². The van der Waals surface area contributed by atoms with Gasteiger partial charge in [0.05, 0.1) is 12.5 Å². The number of nitriles is 1. The van der Waals surface area contributed by atoms with Crippen LogP contribution >= 0.6 is 15.9 Å². The van der Waals surface area contributed by atoms with E-state index in [4.69, 9.17) is 10.00 Å². The number of benzene rings is 2. The Balaban J connectivity index is 1.73. The van der Waals surface area contributed by atoms with Crippen molar-refractivity contribution in [2.45, 2.75) is 6.42 Å². The summed E-state index contributed by atoms with van der Waals surface area (Å²) in [7, 11) is 0. The summed E-state index contributed by atoms with van der Waals surface area (Å²) in [6.07, 6.45) is 0.451. The van der Waals surface area contributed by atoms with E-state index in [2.05, 4.69) is 27.3 Å². The van der Waals surface area contributed by atoms with Crippen LogP contribution in [-0.4, -0.2) is 13.2 Å². The molecule has 0 amide bonds. The molecule has 0 aromatic heterocycles. The van der Waals surface area contributed by atoms with E-state index in [1.54, 1.807) is 0 Å². The first-order chi connectivity index (χ1) is 9.78. The molecule has 0 bridgehead atoms. The molecule has 0 spiro atoms. The van der Waals surface area contributed by atoms with Gasteiger partial charge in [-0.25, -0.2) is 0 Å². The lowest BCUT2D eigenvalue weighted by molar-refractivity contribution is 0.333. The highest BCUT2D eigenvalue weighted by Crippen LogP contribution is 2.16. The zero-order chi connectivity index (χ0) is 14.2. The number of halogens is 1. The lowest BCUT2D eigenvalue weighted by atomic mass is 10.1. The summed E-state index contributed by atoms with van der Waals surface area (Å²) in [4.78, 5) is 0. The molecule has 2 rings (SSSR count). The summed E-state index contributed by atoms with van der Waals surface area (Å²) < 4.78 is 6.66. The fraction of sp³-hybridized carbons (Fsp3) is 0.188. The molecule has 2 aromatic carbocycles. The van der Waals surface area contributed by atoms with Gasteiger partial charge < -0.3 is 10.1 Å². The van der Waals surface area contributed by atoms with Gasteiger partial charge in [0, 0.05) is 16.7 Å². The molecule has 4 heteroatoms. The zero-order valence-corrected chi connectivity index (χ0v) is 12.6. The Kier molecular flexibility index (Phi) is 5.45. The van der Waals surface area contributed by atoms with Gasteiger partial charge in [0.1, 0.15) is 12.4 Å². The highest BCUT2D eigenvalue weighted by molar-refractivity contribution is 9.10. The maximum absolute atomic E-state index is 8.60. The maximum atomic E-state index is 8.60. The number of rotatable bonds is 6.